The van der Waals surface area contributed by atoms with Crippen LogP contribution < -0.4 is 10.9 Å². The average Bonchev–Trinajstić information content (AvgIpc) is 2.62. The number of hydrogen-bond donors (Lipinski definition) is 1. The molecule has 0 amide bonds. The van der Waals surface area contributed by atoms with E-state index in [-0.39, 0.29) is 16.8 Å². The van der Waals surface area contributed by atoms with Crippen LogP contribution in [0.3, 0.4) is 0 Å². The van der Waals surface area contributed by atoms with Gasteiger partial charge in [0.1, 0.15) is 16.5 Å². The maximum atomic E-state index is 13.9. The van der Waals surface area contributed by atoms with Crippen LogP contribution in [0.2, 0.25) is 5.02 Å². The Morgan fingerprint density at radius 2 is 1.96 bits per heavy atom. The number of aromatic nitrogens is 2. The van der Waals surface area contributed by atoms with E-state index in [2.05, 4.69) is 27.3 Å². The normalized spacial score (nSPS) is 17.1. The highest BCUT2D eigenvalue weighted by atomic mass is 35.5. The van der Waals surface area contributed by atoms with Crippen molar-refractivity contribution >= 4 is 17.3 Å². The Labute approximate surface area is 161 Å². The maximum absolute atomic E-state index is 13.9. The highest BCUT2D eigenvalue weighted by molar-refractivity contribution is 6.32. The number of anilines is 1. The number of hydrogen-bond acceptors (Lipinski definition) is 5. The predicted molar refractivity (Wildman–Crippen MR) is 102 cm³/mol. The Balaban J connectivity index is 1.74. The molecular weight excluding hydrogens is 376 g/mol. The first-order valence-electron chi connectivity index (χ1n) is 8.76. The van der Waals surface area contributed by atoms with Gasteiger partial charge in [-0.05, 0) is 26.1 Å². The Kier molecular flexibility index (Phi) is 6.08. The summed E-state index contributed by atoms with van der Waals surface area (Å²) < 4.78 is 27.8. The van der Waals surface area contributed by atoms with Gasteiger partial charge in [0, 0.05) is 44.8 Å². The largest absolute Gasteiger partial charge is 0.379 e. The predicted octanol–water partition coefficient (Wildman–Crippen LogP) is 2.21. The second-order valence-electron chi connectivity index (χ2n) is 6.83. The lowest BCUT2D eigenvalue weighted by Crippen LogP contribution is -2.47. The van der Waals surface area contributed by atoms with Crippen molar-refractivity contribution in [1.82, 2.24) is 19.6 Å². The summed E-state index contributed by atoms with van der Waals surface area (Å²) in [6.07, 6.45) is 1.38. The molecule has 2 aromatic rings. The fourth-order valence-electron chi connectivity index (χ4n) is 3.09. The molecule has 0 aliphatic carbocycles. The molecule has 0 spiro atoms. The van der Waals surface area contributed by atoms with E-state index in [0.717, 1.165) is 49.5 Å². The van der Waals surface area contributed by atoms with E-state index >= 15 is 0 Å². The standard InChI is InChI=1S/C18H22ClF2N5O/c1-12(11-25-7-5-24(2)6-8-25)23-15-10-22-26(18(27)17(15)19)16-4-3-13(20)9-14(16)21/h3-4,9-10,12,23H,5-8,11H2,1-2H3. The van der Waals surface area contributed by atoms with Crippen LogP contribution in [0.15, 0.2) is 29.2 Å². The molecule has 2 heterocycles. The van der Waals surface area contributed by atoms with Crippen LogP contribution in [0.5, 0.6) is 0 Å². The van der Waals surface area contributed by atoms with Crippen LogP contribution in [-0.2, 0) is 0 Å². The van der Waals surface area contributed by atoms with Crippen molar-refractivity contribution < 1.29 is 8.78 Å². The van der Waals surface area contributed by atoms with Crippen LogP contribution in [0, 0.1) is 11.6 Å². The van der Waals surface area contributed by atoms with Gasteiger partial charge >= 0.3 is 0 Å². The van der Waals surface area contributed by atoms with Crippen LogP contribution in [0.25, 0.3) is 5.69 Å². The quantitative estimate of drug-likeness (QED) is 0.838. The monoisotopic (exact) mass is 397 g/mol. The fourth-order valence-corrected chi connectivity index (χ4v) is 3.27. The van der Waals surface area contributed by atoms with Gasteiger partial charge in [0.05, 0.1) is 11.9 Å². The van der Waals surface area contributed by atoms with Crippen LogP contribution in [0.4, 0.5) is 14.5 Å². The first-order valence-corrected chi connectivity index (χ1v) is 9.13. The Bertz CT molecular complexity index is 867. The maximum Gasteiger partial charge on any atom is 0.292 e. The summed E-state index contributed by atoms with van der Waals surface area (Å²) in [5, 5.41) is 7.09. The van der Waals surface area contributed by atoms with E-state index in [1.807, 2.05) is 6.92 Å². The molecule has 1 fully saturated rings. The third-order valence-corrected chi connectivity index (χ3v) is 4.95. The highest BCUT2D eigenvalue weighted by Gasteiger charge is 2.18. The molecule has 1 aromatic carbocycles. The van der Waals surface area contributed by atoms with Crippen molar-refractivity contribution in [2.75, 3.05) is 45.1 Å². The fraction of sp³-hybridized carbons (Fsp3) is 0.444. The van der Waals surface area contributed by atoms with Crippen molar-refractivity contribution in [3.05, 3.63) is 51.4 Å². The number of rotatable bonds is 5. The summed E-state index contributed by atoms with van der Waals surface area (Å²) in [7, 11) is 2.10. The molecule has 1 aromatic heterocycles. The van der Waals surface area contributed by atoms with Gasteiger partial charge in [-0.15, -0.1) is 0 Å². The number of likely N-dealkylation sites (N-methyl/N-ethyl adjacent to an activating group) is 1. The highest BCUT2D eigenvalue weighted by Crippen LogP contribution is 2.19. The number of halogens is 3. The molecule has 1 aliphatic rings. The SMILES string of the molecule is CC(CN1CCN(C)CC1)Nc1cnn(-c2ccc(F)cc2F)c(=O)c1Cl. The van der Waals surface area contributed by atoms with Crippen molar-refractivity contribution in [2.24, 2.45) is 0 Å². The Morgan fingerprint density at radius 1 is 1.26 bits per heavy atom. The molecule has 146 valence electrons. The third kappa shape index (κ3) is 4.63. The molecule has 1 atom stereocenters. The summed E-state index contributed by atoms with van der Waals surface area (Å²) >= 11 is 6.19. The molecule has 1 unspecified atom stereocenters. The van der Waals surface area contributed by atoms with Gasteiger partial charge < -0.3 is 10.2 Å². The molecular formula is C18H22ClF2N5O. The first kappa shape index (κ1) is 19.7. The smallest absolute Gasteiger partial charge is 0.292 e. The molecule has 1 saturated heterocycles. The lowest BCUT2D eigenvalue weighted by molar-refractivity contribution is 0.151. The molecule has 3 rings (SSSR count). The van der Waals surface area contributed by atoms with Crippen molar-refractivity contribution in [2.45, 2.75) is 13.0 Å². The van der Waals surface area contributed by atoms with Gasteiger partial charge in [-0.3, -0.25) is 9.69 Å². The minimum atomic E-state index is -0.884. The van der Waals surface area contributed by atoms with E-state index in [1.54, 1.807) is 0 Å². The van der Waals surface area contributed by atoms with Gasteiger partial charge in [0.2, 0.25) is 0 Å². The van der Waals surface area contributed by atoms with E-state index in [0.29, 0.717) is 11.8 Å². The minimum Gasteiger partial charge on any atom is -0.379 e. The summed E-state index contributed by atoms with van der Waals surface area (Å²) in [5.41, 5.74) is -0.429. The summed E-state index contributed by atoms with van der Waals surface area (Å²) in [6.45, 7) is 6.82. The Hall–Kier alpha value is -2.03. The summed E-state index contributed by atoms with van der Waals surface area (Å²) in [6, 6.07) is 2.95. The van der Waals surface area contributed by atoms with E-state index < -0.39 is 17.2 Å². The van der Waals surface area contributed by atoms with Crippen molar-refractivity contribution in [1.29, 1.82) is 0 Å². The molecule has 1 N–H and O–H groups in total. The third-order valence-electron chi connectivity index (χ3n) is 4.59. The second kappa shape index (κ2) is 8.33. The van der Waals surface area contributed by atoms with Gasteiger partial charge in [-0.2, -0.15) is 9.78 Å². The second-order valence-corrected chi connectivity index (χ2v) is 7.21. The molecule has 9 heteroatoms. The van der Waals surface area contributed by atoms with E-state index in [1.165, 1.54) is 6.20 Å². The van der Waals surface area contributed by atoms with Gasteiger partial charge in [0.15, 0.2) is 5.82 Å². The van der Waals surface area contributed by atoms with Crippen molar-refractivity contribution in [3.63, 3.8) is 0 Å². The van der Waals surface area contributed by atoms with Crippen molar-refractivity contribution in [3.8, 4) is 5.69 Å². The van der Waals surface area contributed by atoms with Crippen LogP contribution in [0.1, 0.15) is 6.92 Å². The van der Waals surface area contributed by atoms with Gasteiger partial charge in [-0.1, -0.05) is 11.6 Å². The zero-order valence-electron chi connectivity index (χ0n) is 15.3. The zero-order valence-corrected chi connectivity index (χ0v) is 16.0. The molecule has 6 nitrogen and oxygen atoms in total. The molecule has 1 aliphatic heterocycles. The first-order chi connectivity index (χ1) is 12.8. The van der Waals surface area contributed by atoms with Crippen LogP contribution in [-0.4, -0.2) is 65.4 Å². The topological polar surface area (TPSA) is 53.4 Å². The lowest BCUT2D eigenvalue weighted by Gasteiger charge is -2.34. The summed E-state index contributed by atoms with van der Waals surface area (Å²) in [4.78, 5) is 17.1. The lowest BCUT2D eigenvalue weighted by atomic mass is 10.2. The van der Waals surface area contributed by atoms with E-state index in [4.69, 9.17) is 11.6 Å². The average molecular weight is 398 g/mol. The number of benzene rings is 1. The summed E-state index contributed by atoms with van der Waals surface area (Å²) in [5.74, 6) is -1.61. The van der Waals surface area contributed by atoms with Gasteiger partial charge in [0.25, 0.3) is 5.56 Å². The molecule has 27 heavy (non-hydrogen) atoms. The molecule has 0 saturated carbocycles. The number of nitrogens with one attached hydrogen (secondary N) is 1. The van der Waals surface area contributed by atoms with Gasteiger partial charge in [-0.25, -0.2) is 8.78 Å². The number of piperazine rings is 1. The zero-order chi connectivity index (χ0) is 19.6. The van der Waals surface area contributed by atoms with Crippen LogP contribution >= 0.6 is 11.6 Å². The molecule has 0 bridgehead atoms. The number of nitrogens with zero attached hydrogens (tertiary/aromatic N) is 4. The van der Waals surface area contributed by atoms with E-state index in [9.17, 15) is 13.6 Å². The Morgan fingerprint density at radius 3 is 2.63 bits per heavy atom. The minimum absolute atomic E-state index is 0.0468. The molecule has 0 radical (unpaired) electrons.